The number of fused-ring (bicyclic) bond motifs is 1. The van der Waals surface area contributed by atoms with E-state index >= 15 is 0 Å². The summed E-state index contributed by atoms with van der Waals surface area (Å²) >= 11 is 3.17. The van der Waals surface area contributed by atoms with E-state index in [2.05, 4.69) is 20.9 Å². The Hall–Kier alpha value is -1.88. The minimum atomic E-state index is -0.330. The average Bonchev–Trinajstić information content (AvgIpc) is 2.69. The number of benzene rings is 2. The van der Waals surface area contributed by atoms with Crippen LogP contribution in [0, 0.1) is 19.7 Å². The molecule has 0 saturated carbocycles. The Kier molecular flexibility index (Phi) is 3.01. The molecule has 3 nitrogen and oxygen atoms in total. The van der Waals surface area contributed by atoms with Crippen LogP contribution in [0.1, 0.15) is 11.1 Å². The van der Waals surface area contributed by atoms with Crippen molar-refractivity contribution in [3.63, 3.8) is 0 Å². The van der Waals surface area contributed by atoms with Crippen molar-refractivity contribution < 1.29 is 4.39 Å². The van der Waals surface area contributed by atoms with Crippen LogP contribution in [0.3, 0.4) is 0 Å². The van der Waals surface area contributed by atoms with Gasteiger partial charge in [-0.1, -0.05) is 12.1 Å². The molecule has 0 aliphatic carbocycles. The molecule has 1 heterocycles. The smallest absolute Gasteiger partial charge is 0.205 e. The van der Waals surface area contributed by atoms with Gasteiger partial charge >= 0.3 is 0 Å². The molecule has 2 aromatic carbocycles. The minimum absolute atomic E-state index is 0.330. The number of hydrogen-bond acceptors (Lipinski definition) is 2. The van der Waals surface area contributed by atoms with Gasteiger partial charge in [-0.3, -0.25) is 4.57 Å². The molecule has 0 aliphatic heterocycles. The van der Waals surface area contributed by atoms with E-state index in [1.54, 1.807) is 10.6 Å². The monoisotopic (exact) mass is 333 g/mol. The van der Waals surface area contributed by atoms with Gasteiger partial charge in [0.2, 0.25) is 5.95 Å². The zero-order chi connectivity index (χ0) is 14.4. The molecule has 1 aromatic heterocycles. The number of nitrogens with zero attached hydrogens (tertiary/aromatic N) is 2. The van der Waals surface area contributed by atoms with Gasteiger partial charge in [0.25, 0.3) is 0 Å². The number of anilines is 1. The third-order valence-electron chi connectivity index (χ3n) is 3.33. The number of hydrogen-bond donors (Lipinski definition) is 1. The van der Waals surface area contributed by atoms with Crippen molar-refractivity contribution in [3.8, 4) is 5.69 Å². The molecule has 2 N–H and O–H groups in total. The third-order valence-corrected chi connectivity index (χ3v) is 3.94. The fourth-order valence-corrected chi connectivity index (χ4v) is 2.64. The summed E-state index contributed by atoms with van der Waals surface area (Å²) in [4.78, 5) is 4.31. The molecule has 5 heteroatoms. The van der Waals surface area contributed by atoms with E-state index in [9.17, 15) is 4.39 Å². The fraction of sp³-hybridized carbons (Fsp3) is 0.133. The van der Waals surface area contributed by atoms with Crippen LogP contribution in [0.4, 0.5) is 10.3 Å². The van der Waals surface area contributed by atoms with Crippen molar-refractivity contribution in [2.75, 3.05) is 5.73 Å². The molecule has 0 atom stereocenters. The maximum absolute atomic E-state index is 13.8. The van der Waals surface area contributed by atoms with Crippen LogP contribution >= 0.6 is 15.9 Å². The van der Waals surface area contributed by atoms with Gasteiger partial charge in [0.1, 0.15) is 5.82 Å². The van der Waals surface area contributed by atoms with Gasteiger partial charge in [0, 0.05) is 6.07 Å². The Balaban J connectivity index is 2.38. The lowest BCUT2D eigenvalue weighted by atomic mass is 10.1. The predicted molar refractivity (Wildman–Crippen MR) is 82.6 cm³/mol. The fourth-order valence-electron chi connectivity index (χ4n) is 2.30. The molecule has 20 heavy (non-hydrogen) atoms. The maximum Gasteiger partial charge on any atom is 0.205 e. The lowest BCUT2D eigenvalue weighted by Crippen LogP contribution is -2.03. The molecule has 0 saturated heterocycles. The summed E-state index contributed by atoms with van der Waals surface area (Å²) in [6.45, 7) is 4.00. The standard InChI is InChI=1S/C15H13BrFN3/c1-8-3-4-9(2)13(5-8)20-14-7-11(17)10(16)6-12(14)19-15(20)18/h3-7H,1-2H3,(H2,18,19). The zero-order valence-electron chi connectivity index (χ0n) is 11.1. The first kappa shape index (κ1) is 13.1. The molecule has 0 spiro atoms. The number of halogens is 2. The second-order valence-electron chi connectivity index (χ2n) is 4.85. The van der Waals surface area contributed by atoms with Crippen LogP contribution in [-0.2, 0) is 0 Å². The van der Waals surface area contributed by atoms with Gasteiger partial charge < -0.3 is 5.73 Å². The van der Waals surface area contributed by atoms with Gasteiger partial charge in [-0.15, -0.1) is 0 Å². The number of nitrogens with two attached hydrogens (primary N) is 1. The zero-order valence-corrected chi connectivity index (χ0v) is 12.7. The van der Waals surface area contributed by atoms with Crippen molar-refractivity contribution in [3.05, 3.63) is 51.7 Å². The number of rotatable bonds is 1. The minimum Gasteiger partial charge on any atom is -0.369 e. The summed E-state index contributed by atoms with van der Waals surface area (Å²) in [7, 11) is 0. The molecule has 0 fully saturated rings. The van der Waals surface area contributed by atoms with E-state index in [4.69, 9.17) is 5.73 Å². The number of imidazole rings is 1. The predicted octanol–water partition coefficient (Wildman–Crippen LogP) is 4.13. The number of aromatic nitrogens is 2. The summed E-state index contributed by atoms with van der Waals surface area (Å²) in [6.07, 6.45) is 0. The Morgan fingerprint density at radius 3 is 2.70 bits per heavy atom. The van der Waals surface area contributed by atoms with Crippen LogP contribution in [0.5, 0.6) is 0 Å². The highest BCUT2D eigenvalue weighted by Gasteiger charge is 2.14. The number of nitrogen functional groups attached to an aromatic ring is 1. The summed E-state index contributed by atoms with van der Waals surface area (Å²) in [5.41, 5.74) is 10.4. The molecule has 0 unspecified atom stereocenters. The largest absolute Gasteiger partial charge is 0.369 e. The quantitative estimate of drug-likeness (QED) is 0.727. The summed E-state index contributed by atoms with van der Waals surface area (Å²) in [5.74, 6) is 0.0233. The van der Waals surface area contributed by atoms with E-state index in [1.807, 2.05) is 32.0 Å². The second-order valence-corrected chi connectivity index (χ2v) is 5.70. The van der Waals surface area contributed by atoms with Crippen LogP contribution in [-0.4, -0.2) is 9.55 Å². The maximum atomic E-state index is 13.8. The molecule has 0 aliphatic rings. The Morgan fingerprint density at radius 1 is 1.20 bits per heavy atom. The molecule has 0 amide bonds. The van der Waals surface area contributed by atoms with Crippen molar-refractivity contribution in [2.45, 2.75) is 13.8 Å². The normalized spacial score (nSPS) is 11.2. The third kappa shape index (κ3) is 1.98. The Labute approximate surface area is 124 Å². The van der Waals surface area contributed by atoms with E-state index in [1.165, 1.54) is 6.07 Å². The van der Waals surface area contributed by atoms with Crippen molar-refractivity contribution in [1.29, 1.82) is 0 Å². The average molecular weight is 334 g/mol. The Morgan fingerprint density at radius 2 is 1.95 bits per heavy atom. The highest BCUT2D eigenvalue weighted by atomic mass is 79.9. The van der Waals surface area contributed by atoms with Gasteiger partial charge in [-0.2, -0.15) is 0 Å². The first-order valence-electron chi connectivity index (χ1n) is 6.18. The summed E-state index contributed by atoms with van der Waals surface area (Å²) in [5, 5.41) is 0. The van der Waals surface area contributed by atoms with Gasteiger partial charge in [-0.05, 0) is 53.0 Å². The topological polar surface area (TPSA) is 43.8 Å². The van der Waals surface area contributed by atoms with E-state index < -0.39 is 0 Å². The molecule has 3 aromatic rings. The number of aryl methyl sites for hydroxylation is 2. The van der Waals surface area contributed by atoms with E-state index in [-0.39, 0.29) is 5.82 Å². The van der Waals surface area contributed by atoms with Crippen molar-refractivity contribution in [2.24, 2.45) is 0 Å². The highest BCUT2D eigenvalue weighted by Crippen LogP contribution is 2.29. The van der Waals surface area contributed by atoms with E-state index in [0.717, 1.165) is 16.8 Å². The van der Waals surface area contributed by atoms with Crippen LogP contribution in [0.15, 0.2) is 34.8 Å². The van der Waals surface area contributed by atoms with E-state index in [0.29, 0.717) is 21.5 Å². The summed E-state index contributed by atoms with van der Waals surface area (Å²) in [6, 6.07) is 9.16. The molecule has 0 radical (unpaired) electrons. The van der Waals surface area contributed by atoms with Gasteiger partial charge in [0.15, 0.2) is 0 Å². The van der Waals surface area contributed by atoms with Crippen LogP contribution < -0.4 is 5.73 Å². The SMILES string of the molecule is Cc1ccc(C)c(-n2c(N)nc3cc(Br)c(F)cc32)c1. The first-order chi connectivity index (χ1) is 9.47. The molecule has 102 valence electrons. The summed E-state index contributed by atoms with van der Waals surface area (Å²) < 4.78 is 16.0. The Bertz CT molecular complexity index is 824. The second kappa shape index (κ2) is 4.59. The van der Waals surface area contributed by atoms with Crippen LogP contribution in [0.25, 0.3) is 16.7 Å². The molecular formula is C15H13BrFN3. The van der Waals surface area contributed by atoms with Crippen LogP contribution in [0.2, 0.25) is 0 Å². The molecular weight excluding hydrogens is 321 g/mol. The van der Waals surface area contributed by atoms with Gasteiger partial charge in [-0.25, -0.2) is 9.37 Å². The van der Waals surface area contributed by atoms with Crippen molar-refractivity contribution >= 4 is 32.9 Å². The lowest BCUT2D eigenvalue weighted by molar-refractivity contribution is 0.622. The lowest BCUT2D eigenvalue weighted by Gasteiger charge is -2.11. The van der Waals surface area contributed by atoms with Crippen molar-refractivity contribution in [1.82, 2.24) is 9.55 Å². The van der Waals surface area contributed by atoms with Gasteiger partial charge in [0.05, 0.1) is 21.2 Å². The molecule has 3 rings (SSSR count). The molecule has 0 bridgehead atoms. The highest BCUT2D eigenvalue weighted by molar-refractivity contribution is 9.10. The first-order valence-corrected chi connectivity index (χ1v) is 6.97.